The first-order chi connectivity index (χ1) is 9.35. The molecule has 2 rings (SSSR count). The zero-order valence-corrected chi connectivity index (χ0v) is 10.7. The lowest BCUT2D eigenvalue weighted by molar-refractivity contribution is -0.177. The zero-order chi connectivity index (χ0) is 14.8. The lowest BCUT2D eigenvalue weighted by Gasteiger charge is -2.04. The van der Waals surface area contributed by atoms with Crippen LogP contribution in [-0.2, 0) is 11.3 Å². The molecule has 0 saturated heterocycles. The van der Waals surface area contributed by atoms with Crippen molar-refractivity contribution in [1.29, 1.82) is 0 Å². The van der Waals surface area contributed by atoms with Gasteiger partial charge in [0.05, 0.1) is 10.7 Å². The van der Waals surface area contributed by atoms with Gasteiger partial charge in [-0.05, 0) is 18.2 Å². The summed E-state index contributed by atoms with van der Waals surface area (Å²) < 4.78 is 45.0. The number of hydrogen-bond acceptors (Lipinski definition) is 5. The fourth-order valence-electron chi connectivity index (χ4n) is 1.35. The fraction of sp³-hybridized carbons (Fsp3) is 0.273. The highest BCUT2D eigenvalue weighted by molar-refractivity contribution is 6.33. The number of rotatable bonds is 4. The summed E-state index contributed by atoms with van der Waals surface area (Å²) >= 11 is 5.84. The van der Waals surface area contributed by atoms with E-state index in [1.807, 2.05) is 0 Å². The first kappa shape index (κ1) is 14.6. The van der Waals surface area contributed by atoms with E-state index in [9.17, 15) is 13.2 Å². The quantitative estimate of drug-likeness (QED) is 0.879. The van der Waals surface area contributed by atoms with Crippen LogP contribution in [0, 0.1) is 0 Å². The third-order valence-corrected chi connectivity index (χ3v) is 2.54. The second-order valence-corrected chi connectivity index (χ2v) is 4.27. The average molecular weight is 308 g/mol. The highest BCUT2D eigenvalue weighted by atomic mass is 35.5. The van der Waals surface area contributed by atoms with E-state index in [-0.39, 0.29) is 11.7 Å². The Morgan fingerprint density at radius 2 is 2.10 bits per heavy atom. The van der Waals surface area contributed by atoms with Gasteiger partial charge in [0.2, 0.25) is 0 Å². The number of aromatic nitrogens is 2. The summed E-state index contributed by atoms with van der Waals surface area (Å²) in [4.78, 5) is 3.90. The number of nitrogen functional groups attached to an aromatic ring is 1. The number of nitrogens with two attached hydrogens (primary N) is 1. The molecule has 108 valence electrons. The first-order valence-corrected chi connectivity index (χ1v) is 5.75. The molecule has 0 aliphatic heterocycles. The highest BCUT2D eigenvalue weighted by Crippen LogP contribution is 2.26. The predicted octanol–water partition coefficient (Wildman–Crippen LogP) is 3.05. The standard InChI is InChI=1S/C11H9ClF3N3O2/c12-7-3-6(1-2-8(7)16)10-17-9(18-20-10)4-19-5-11(13,14)15/h1-3H,4-5,16H2. The Bertz CT molecular complexity index is 601. The van der Waals surface area contributed by atoms with Crippen LogP contribution in [0.3, 0.4) is 0 Å². The first-order valence-electron chi connectivity index (χ1n) is 5.37. The van der Waals surface area contributed by atoms with E-state index >= 15 is 0 Å². The van der Waals surface area contributed by atoms with Crippen LogP contribution < -0.4 is 5.73 Å². The molecule has 2 aromatic rings. The van der Waals surface area contributed by atoms with E-state index in [1.165, 1.54) is 6.07 Å². The molecule has 5 nitrogen and oxygen atoms in total. The molecule has 9 heteroatoms. The number of alkyl halides is 3. The Kier molecular flexibility index (Phi) is 4.15. The maximum atomic E-state index is 11.9. The van der Waals surface area contributed by atoms with Gasteiger partial charge in [-0.2, -0.15) is 18.2 Å². The molecule has 1 aromatic carbocycles. The normalized spacial score (nSPS) is 11.8. The second-order valence-electron chi connectivity index (χ2n) is 3.86. The molecule has 0 radical (unpaired) electrons. The third kappa shape index (κ3) is 3.84. The SMILES string of the molecule is Nc1ccc(-c2nc(COCC(F)(F)F)no2)cc1Cl. The van der Waals surface area contributed by atoms with Gasteiger partial charge in [0.15, 0.2) is 5.82 Å². The second kappa shape index (κ2) is 5.68. The fourth-order valence-corrected chi connectivity index (χ4v) is 1.53. The molecule has 0 saturated carbocycles. The molecular formula is C11H9ClF3N3O2. The minimum Gasteiger partial charge on any atom is -0.398 e. The summed E-state index contributed by atoms with van der Waals surface area (Å²) in [5, 5.41) is 3.83. The van der Waals surface area contributed by atoms with Crippen LogP contribution in [0.4, 0.5) is 18.9 Å². The third-order valence-electron chi connectivity index (χ3n) is 2.21. The van der Waals surface area contributed by atoms with Crippen molar-refractivity contribution < 1.29 is 22.4 Å². The van der Waals surface area contributed by atoms with Crippen molar-refractivity contribution in [3.8, 4) is 11.5 Å². The molecule has 0 bridgehead atoms. The van der Waals surface area contributed by atoms with Crippen LogP contribution in [0.2, 0.25) is 5.02 Å². The number of benzene rings is 1. The van der Waals surface area contributed by atoms with Crippen LogP contribution in [0.15, 0.2) is 22.7 Å². The summed E-state index contributed by atoms with van der Waals surface area (Å²) in [7, 11) is 0. The van der Waals surface area contributed by atoms with E-state index in [4.69, 9.17) is 21.9 Å². The molecule has 0 aliphatic rings. The van der Waals surface area contributed by atoms with Crippen LogP contribution >= 0.6 is 11.6 Å². The molecular weight excluding hydrogens is 299 g/mol. The van der Waals surface area contributed by atoms with E-state index in [2.05, 4.69) is 14.9 Å². The van der Waals surface area contributed by atoms with E-state index < -0.39 is 19.4 Å². The molecule has 1 heterocycles. The summed E-state index contributed by atoms with van der Waals surface area (Å²) in [5.74, 6) is 0.134. The molecule has 0 amide bonds. The lowest BCUT2D eigenvalue weighted by Crippen LogP contribution is -2.16. The predicted molar refractivity (Wildman–Crippen MR) is 64.9 cm³/mol. The van der Waals surface area contributed by atoms with Crippen molar-refractivity contribution >= 4 is 17.3 Å². The lowest BCUT2D eigenvalue weighted by atomic mass is 10.2. The minimum atomic E-state index is -4.39. The number of nitrogens with zero attached hydrogens (tertiary/aromatic N) is 2. The Morgan fingerprint density at radius 1 is 1.35 bits per heavy atom. The van der Waals surface area contributed by atoms with Gasteiger partial charge in [0.1, 0.15) is 13.2 Å². The Hall–Kier alpha value is -1.80. The monoisotopic (exact) mass is 307 g/mol. The van der Waals surface area contributed by atoms with Gasteiger partial charge in [-0.3, -0.25) is 0 Å². The molecule has 0 spiro atoms. The molecule has 0 atom stereocenters. The topological polar surface area (TPSA) is 74.2 Å². The largest absolute Gasteiger partial charge is 0.411 e. The summed E-state index contributed by atoms with van der Waals surface area (Å²) in [6.45, 7) is -1.77. The Balaban J connectivity index is 2.03. The summed E-state index contributed by atoms with van der Waals surface area (Å²) in [6, 6.07) is 4.68. The van der Waals surface area contributed by atoms with Gasteiger partial charge in [0.25, 0.3) is 5.89 Å². The van der Waals surface area contributed by atoms with Crippen molar-refractivity contribution in [1.82, 2.24) is 10.1 Å². The van der Waals surface area contributed by atoms with Crippen molar-refractivity contribution in [2.45, 2.75) is 12.8 Å². The molecule has 20 heavy (non-hydrogen) atoms. The van der Waals surface area contributed by atoms with Gasteiger partial charge < -0.3 is 15.0 Å². The van der Waals surface area contributed by atoms with Crippen LogP contribution in [0.5, 0.6) is 0 Å². The van der Waals surface area contributed by atoms with Gasteiger partial charge in [-0.15, -0.1) is 0 Å². The smallest absolute Gasteiger partial charge is 0.398 e. The van der Waals surface area contributed by atoms with Gasteiger partial charge in [-0.1, -0.05) is 16.8 Å². The van der Waals surface area contributed by atoms with E-state index in [0.29, 0.717) is 16.3 Å². The zero-order valence-electron chi connectivity index (χ0n) is 9.95. The maximum absolute atomic E-state index is 11.9. The minimum absolute atomic E-state index is 0.0113. The molecule has 0 fully saturated rings. The summed E-state index contributed by atoms with van der Waals surface area (Å²) in [5.41, 5.74) is 6.46. The Morgan fingerprint density at radius 3 is 2.75 bits per heavy atom. The van der Waals surface area contributed by atoms with Crippen molar-refractivity contribution in [3.05, 3.63) is 29.0 Å². The number of ether oxygens (including phenoxy) is 1. The Labute approximate surface area is 116 Å². The van der Waals surface area contributed by atoms with E-state index in [0.717, 1.165) is 0 Å². The maximum Gasteiger partial charge on any atom is 0.411 e. The van der Waals surface area contributed by atoms with Gasteiger partial charge in [0, 0.05) is 5.56 Å². The number of hydrogen-bond donors (Lipinski definition) is 1. The molecule has 1 aromatic heterocycles. The molecule has 2 N–H and O–H groups in total. The average Bonchev–Trinajstić information content (AvgIpc) is 2.80. The van der Waals surface area contributed by atoms with Crippen LogP contribution in [-0.4, -0.2) is 22.9 Å². The van der Waals surface area contributed by atoms with E-state index in [1.54, 1.807) is 12.1 Å². The van der Waals surface area contributed by atoms with Crippen molar-refractivity contribution in [2.75, 3.05) is 12.3 Å². The molecule has 0 aliphatic carbocycles. The van der Waals surface area contributed by atoms with Gasteiger partial charge >= 0.3 is 6.18 Å². The van der Waals surface area contributed by atoms with Crippen molar-refractivity contribution in [3.63, 3.8) is 0 Å². The van der Waals surface area contributed by atoms with Gasteiger partial charge in [-0.25, -0.2) is 0 Å². The van der Waals surface area contributed by atoms with Crippen LogP contribution in [0.1, 0.15) is 5.82 Å². The van der Waals surface area contributed by atoms with Crippen molar-refractivity contribution in [2.24, 2.45) is 0 Å². The highest BCUT2D eigenvalue weighted by Gasteiger charge is 2.27. The summed E-state index contributed by atoms with van der Waals surface area (Å²) in [6.07, 6.45) is -4.39. The molecule has 0 unspecified atom stereocenters. The number of halogens is 4. The number of anilines is 1. The van der Waals surface area contributed by atoms with Crippen LogP contribution in [0.25, 0.3) is 11.5 Å².